The van der Waals surface area contributed by atoms with Crippen molar-refractivity contribution in [3.8, 4) is 0 Å². The fraction of sp³-hybridized carbons (Fsp3) is 0.611. The van der Waals surface area contributed by atoms with Crippen LogP contribution in [0.5, 0.6) is 0 Å². The van der Waals surface area contributed by atoms with Crippen LogP contribution in [0.15, 0.2) is 29.2 Å². The summed E-state index contributed by atoms with van der Waals surface area (Å²) in [6.45, 7) is 3.53. The van der Waals surface area contributed by atoms with Crippen molar-refractivity contribution < 1.29 is 17.6 Å². The van der Waals surface area contributed by atoms with E-state index < -0.39 is 26.8 Å². The highest BCUT2D eigenvalue weighted by atomic mass is 35.5. The average molecular weight is 420 g/mol. The van der Waals surface area contributed by atoms with Crippen LogP contribution in [0.4, 0.5) is 4.39 Å². The van der Waals surface area contributed by atoms with Gasteiger partial charge in [0.2, 0.25) is 15.9 Å². The quantitative estimate of drug-likeness (QED) is 0.657. The topological polar surface area (TPSA) is 87.3 Å². The third kappa shape index (κ3) is 5.19. The van der Waals surface area contributed by atoms with Gasteiger partial charge in [0.25, 0.3) is 0 Å². The zero-order chi connectivity index (χ0) is 18.9. The predicted octanol–water partition coefficient (Wildman–Crippen LogP) is 1.95. The maximum Gasteiger partial charge on any atom is 0.244 e. The van der Waals surface area contributed by atoms with Gasteiger partial charge in [0.15, 0.2) is 0 Å². The van der Waals surface area contributed by atoms with Crippen LogP contribution >= 0.6 is 12.4 Å². The van der Waals surface area contributed by atoms with E-state index in [2.05, 4.69) is 15.4 Å². The van der Waals surface area contributed by atoms with E-state index >= 15 is 0 Å². The van der Waals surface area contributed by atoms with Crippen LogP contribution < -0.4 is 15.4 Å². The molecule has 27 heavy (non-hydrogen) atoms. The zero-order valence-electron chi connectivity index (χ0n) is 15.4. The third-order valence-corrected chi connectivity index (χ3v) is 6.65. The van der Waals surface area contributed by atoms with Gasteiger partial charge in [-0.15, -0.1) is 12.4 Å². The van der Waals surface area contributed by atoms with E-state index in [1.165, 1.54) is 18.2 Å². The monoisotopic (exact) mass is 419 g/mol. The molecule has 1 amide bonds. The summed E-state index contributed by atoms with van der Waals surface area (Å²) in [5.41, 5.74) is 0. The van der Waals surface area contributed by atoms with Crippen LogP contribution in [-0.4, -0.2) is 38.5 Å². The molecule has 2 saturated heterocycles. The number of piperidine rings is 1. The molecule has 0 saturated carbocycles. The number of rotatable bonds is 6. The number of carbonyl (C=O) groups excluding carboxylic acids is 1. The van der Waals surface area contributed by atoms with E-state index in [4.69, 9.17) is 0 Å². The van der Waals surface area contributed by atoms with Gasteiger partial charge in [-0.05, 0) is 43.7 Å². The number of hydrogen-bond donors (Lipinski definition) is 3. The van der Waals surface area contributed by atoms with E-state index in [-0.39, 0.29) is 30.3 Å². The molecule has 3 atom stereocenters. The summed E-state index contributed by atoms with van der Waals surface area (Å²) in [5.74, 6) is -1.46. The second-order valence-corrected chi connectivity index (χ2v) is 9.27. The van der Waals surface area contributed by atoms with Gasteiger partial charge in [0.05, 0.1) is 0 Å². The largest absolute Gasteiger partial charge is 0.352 e. The number of sulfonamides is 1. The molecule has 2 aliphatic rings. The molecule has 3 N–H and O–H groups in total. The molecule has 1 aromatic rings. The van der Waals surface area contributed by atoms with Gasteiger partial charge in [-0.3, -0.25) is 4.79 Å². The van der Waals surface area contributed by atoms with Crippen molar-refractivity contribution >= 4 is 28.3 Å². The van der Waals surface area contributed by atoms with Gasteiger partial charge >= 0.3 is 0 Å². The van der Waals surface area contributed by atoms with E-state index in [1.54, 1.807) is 13.8 Å². The minimum atomic E-state index is -4.13. The zero-order valence-corrected chi connectivity index (χ0v) is 17.1. The number of benzene rings is 1. The first-order chi connectivity index (χ1) is 12.3. The van der Waals surface area contributed by atoms with Crippen molar-refractivity contribution in [2.75, 3.05) is 0 Å². The lowest BCUT2D eigenvalue weighted by Crippen LogP contribution is -2.55. The maximum atomic E-state index is 13.9. The van der Waals surface area contributed by atoms with Crippen molar-refractivity contribution in [2.24, 2.45) is 5.92 Å². The van der Waals surface area contributed by atoms with Crippen molar-refractivity contribution in [1.82, 2.24) is 15.4 Å². The second-order valence-electron chi connectivity index (χ2n) is 7.59. The average Bonchev–Trinajstić information content (AvgIpc) is 2.91. The molecule has 2 bridgehead atoms. The molecule has 6 nitrogen and oxygen atoms in total. The van der Waals surface area contributed by atoms with Crippen molar-refractivity contribution in [3.05, 3.63) is 30.1 Å². The highest BCUT2D eigenvalue weighted by Crippen LogP contribution is 2.27. The maximum absolute atomic E-state index is 13.9. The van der Waals surface area contributed by atoms with Gasteiger partial charge in [-0.2, -0.15) is 4.72 Å². The Bertz CT molecular complexity index is 763. The fourth-order valence-electron chi connectivity index (χ4n) is 3.85. The number of amides is 1. The molecule has 152 valence electrons. The lowest BCUT2D eigenvalue weighted by atomic mass is 9.98. The number of fused-ring (bicyclic) bond motifs is 2. The Kier molecular flexibility index (Phi) is 7.24. The van der Waals surface area contributed by atoms with Crippen LogP contribution in [0.25, 0.3) is 0 Å². The predicted molar refractivity (Wildman–Crippen MR) is 104 cm³/mol. The number of hydrogen-bond acceptors (Lipinski definition) is 4. The number of carbonyl (C=O) groups is 1. The van der Waals surface area contributed by atoms with E-state index in [1.807, 2.05) is 0 Å². The summed E-state index contributed by atoms with van der Waals surface area (Å²) in [4.78, 5) is 12.3. The van der Waals surface area contributed by atoms with Crippen molar-refractivity contribution in [2.45, 2.75) is 68.6 Å². The molecular formula is C18H27ClFN3O3S. The standard InChI is InChI=1S/C18H26FN3O3S.ClH/c1-11(2)17(22-26(24,25)16-6-4-3-5-15(16)19)18(23)21-14-9-12-7-8-13(10-14)20-12;/h3-6,11-14,17,20,22H,7-10H2,1-2H3,(H,21,23);1H. The molecule has 2 fully saturated rings. The van der Waals surface area contributed by atoms with Crippen LogP contribution in [0.1, 0.15) is 39.5 Å². The molecule has 2 heterocycles. The molecule has 0 spiro atoms. The first-order valence-electron chi connectivity index (χ1n) is 9.09. The van der Waals surface area contributed by atoms with E-state index in [0.29, 0.717) is 12.1 Å². The Balaban J connectivity index is 0.00000261. The normalized spacial score (nSPS) is 25.7. The summed E-state index contributed by atoms with van der Waals surface area (Å²) < 4.78 is 41.3. The smallest absolute Gasteiger partial charge is 0.244 e. The highest BCUT2D eigenvalue weighted by Gasteiger charge is 2.36. The van der Waals surface area contributed by atoms with Crippen LogP contribution in [0, 0.1) is 11.7 Å². The number of nitrogens with one attached hydrogen (secondary N) is 3. The van der Waals surface area contributed by atoms with Crippen LogP contribution in [0.2, 0.25) is 0 Å². The lowest BCUT2D eigenvalue weighted by Gasteiger charge is -2.31. The second kappa shape index (κ2) is 8.86. The van der Waals surface area contributed by atoms with Crippen LogP contribution in [0.3, 0.4) is 0 Å². The van der Waals surface area contributed by atoms with Crippen LogP contribution in [-0.2, 0) is 14.8 Å². The first-order valence-corrected chi connectivity index (χ1v) is 10.6. The molecule has 0 radical (unpaired) electrons. The molecular weight excluding hydrogens is 393 g/mol. The summed E-state index contributed by atoms with van der Waals surface area (Å²) >= 11 is 0. The Morgan fingerprint density at radius 2 is 1.78 bits per heavy atom. The summed E-state index contributed by atoms with van der Waals surface area (Å²) in [6, 6.07) is 5.09. The molecule has 0 aliphatic carbocycles. The van der Waals surface area contributed by atoms with Gasteiger partial charge < -0.3 is 10.6 Å². The first kappa shape index (κ1) is 22.1. The minimum Gasteiger partial charge on any atom is -0.352 e. The van der Waals surface area contributed by atoms with E-state index in [0.717, 1.165) is 31.7 Å². The summed E-state index contributed by atoms with van der Waals surface area (Å²) in [6.07, 6.45) is 3.94. The summed E-state index contributed by atoms with van der Waals surface area (Å²) in [5, 5.41) is 6.50. The van der Waals surface area contributed by atoms with E-state index in [9.17, 15) is 17.6 Å². The Morgan fingerprint density at radius 1 is 1.19 bits per heavy atom. The summed E-state index contributed by atoms with van der Waals surface area (Å²) in [7, 11) is -4.13. The molecule has 0 aromatic heterocycles. The molecule has 9 heteroatoms. The highest BCUT2D eigenvalue weighted by molar-refractivity contribution is 7.89. The Labute approximate surface area is 166 Å². The van der Waals surface area contributed by atoms with Crippen molar-refractivity contribution in [3.63, 3.8) is 0 Å². The van der Waals surface area contributed by atoms with Gasteiger partial charge in [0, 0.05) is 18.1 Å². The Hall–Kier alpha value is -1.22. The fourth-order valence-corrected chi connectivity index (χ4v) is 5.27. The SMILES string of the molecule is CC(C)C(NS(=O)(=O)c1ccccc1F)C(=O)NC1CC2CCC(C1)N2.Cl. The number of halogens is 2. The Morgan fingerprint density at radius 3 is 2.33 bits per heavy atom. The molecule has 2 aliphatic heterocycles. The molecule has 3 unspecified atom stereocenters. The van der Waals surface area contributed by atoms with Gasteiger partial charge in [0.1, 0.15) is 16.8 Å². The lowest BCUT2D eigenvalue weighted by molar-refractivity contribution is -0.124. The van der Waals surface area contributed by atoms with Gasteiger partial charge in [-0.1, -0.05) is 26.0 Å². The van der Waals surface area contributed by atoms with Crippen molar-refractivity contribution in [1.29, 1.82) is 0 Å². The molecule has 1 aromatic carbocycles. The minimum absolute atomic E-state index is 0. The molecule has 3 rings (SSSR count). The van der Waals surface area contributed by atoms with Gasteiger partial charge in [-0.25, -0.2) is 12.8 Å². The third-order valence-electron chi connectivity index (χ3n) is 5.18.